The topological polar surface area (TPSA) is 64.9 Å². The van der Waals surface area contributed by atoms with Crippen LogP contribution in [0.1, 0.15) is 5.56 Å². The van der Waals surface area contributed by atoms with E-state index in [0.717, 1.165) is 21.2 Å². The average Bonchev–Trinajstić information content (AvgIpc) is 2.91. The van der Waals surface area contributed by atoms with Crippen LogP contribution in [-0.4, -0.2) is 10.1 Å². The highest BCUT2D eigenvalue weighted by molar-refractivity contribution is 9.10. The molecular weight excluding hydrogens is 318 g/mol. The van der Waals surface area contributed by atoms with Gasteiger partial charge < -0.3 is 10.3 Å². The van der Waals surface area contributed by atoms with Gasteiger partial charge in [0.2, 0.25) is 5.82 Å². The smallest absolute Gasteiger partial charge is 0.260 e. The minimum absolute atomic E-state index is 0.432. The molecule has 5 heteroatoms. The number of aryl methyl sites for hydroxylation is 1. The minimum Gasteiger partial charge on any atom is -0.398 e. The predicted octanol–water partition coefficient (Wildman–Crippen LogP) is 4.06. The molecule has 0 spiro atoms. The zero-order chi connectivity index (χ0) is 14.1. The number of nitrogens with zero attached hydrogens (tertiary/aromatic N) is 2. The molecule has 1 heterocycles. The summed E-state index contributed by atoms with van der Waals surface area (Å²) in [5.41, 5.74) is 9.33. The molecular formula is C15H12BrN3O. The number of aromatic nitrogens is 2. The third-order valence-electron chi connectivity index (χ3n) is 2.95. The molecule has 3 aromatic rings. The molecule has 1 aromatic heterocycles. The molecule has 2 aromatic carbocycles. The summed E-state index contributed by atoms with van der Waals surface area (Å²) in [6.45, 7) is 1.99. The largest absolute Gasteiger partial charge is 0.398 e. The molecule has 0 aliphatic heterocycles. The van der Waals surface area contributed by atoms with Crippen LogP contribution in [0.3, 0.4) is 0 Å². The van der Waals surface area contributed by atoms with Gasteiger partial charge in [-0.05, 0) is 31.2 Å². The quantitative estimate of drug-likeness (QED) is 0.720. The average molecular weight is 330 g/mol. The van der Waals surface area contributed by atoms with Crippen molar-refractivity contribution in [3.8, 4) is 22.8 Å². The summed E-state index contributed by atoms with van der Waals surface area (Å²) < 4.78 is 6.29. The summed E-state index contributed by atoms with van der Waals surface area (Å²) in [5.74, 6) is 0.975. The maximum atomic E-state index is 5.96. The molecule has 2 N–H and O–H groups in total. The summed E-state index contributed by atoms with van der Waals surface area (Å²) in [6.07, 6.45) is 0. The first-order chi connectivity index (χ1) is 9.63. The molecule has 0 atom stereocenters. The fourth-order valence-corrected chi connectivity index (χ4v) is 2.33. The van der Waals surface area contributed by atoms with Crippen molar-refractivity contribution in [1.29, 1.82) is 0 Å². The maximum Gasteiger partial charge on any atom is 0.260 e. The van der Waals surface area contributed by atoms with Crippen molar-refractivity contribution >= 4 is 21.6 Å². The standard InChI is InChI=1S/C15H12BrN3O/c1-9-5-6-13(17)12(7-9)15-18-14(19-20-15)10-3-2-4-11(16)8-10/h2-8H,17H2,1H3. The van der Waals surface area contributed by atoms with Crippen molar-refractivity contribution in [3.05, 3.63) is 52.5 Å². The fourth-order valence-electron chi connectivity index (χ4n) is 1.93. The third-order valence-corrected chi connectivity index (χ3v) is 3.44. The molecule has 20 heavy (non-hydrogen) atoms. The number of hydrogen-bond donors (Lipinski definition) is 1. The predicted molar refractivity (Wildman–Crippen MR) is 82.0 cm³/mol. The zero-order valence-electron chi connectivity index (χ0n) is 10.8. The van der Waals surface area contributed by atoms with Gasteiger partial charge in [0.05, 0.1) is 5.56 Å². The van der Waals surface area contributed by atoms with Gasteiger partial charge in [-0.25, -0.2) is 0 Å². The van der Waals surface area contributed by atoms with Gasteiger partial charge in [0.25, 0.3) is 5.89 Å². The van der Waals surface area contributed by atoms with E-state index in [9.17, 15) is 0 Å². The van der Waals surface area contributed by atoms with Crippen LogP contribution in [0.2, 0.25) is 0 Å². The van der Waals surface area contributed by atoms with Gasteiger partial charge >= 0.3 is 0 Å². The highest BCUT2D eigenvalue weighted by Crippen LogP contribution is 2.28. The molecule has 0 amide bonds. The molecule has 4 nitrogen and oxygen atoms in total. The zero-order valence-corrected chi connectivity index (χ0v) is 12.4. The molecule has 0 aliphatic carbocycles. The van der Waals surface area contributed by atoms with Crippen LogP contribution in [0.25, 0.3) is 22.8 Å². The number of benzene rings is 2. The molecule has 0 fully saturated rings. The molecule has 0 radical (unpaired) electrons. The van der Waals surface area contributed by atoms with Crippen molar-refractivity contribution in [2.45, 2.75) is 6.92 Å². The summed E-state index contributed by atoms with van der Waals surface area (Å²) in [7, 11) is 0. The van der Waals surface area contributed by atoms with Gasteiger partial charge in [-0.2, -0.15) is 4.98 Å². The number of nitrogen functional groups attached to an aromatic ring is 1. The number of anilines is 1. The molecule has 0 saturated carbocycles. The van der Waals surface area contributed by atoms with Gasteiger partial charge in [-0.1, -0.05) is 44.8 Å². The summed E-state index contributed by atoms with van der Waals surface area (Å²) in [4.78, 5) is 4.42. The minimum atomic E-state index is 0.432. The number of halogens is 1. The highest BCUT2D eigenvalue weighted by atomic mass is 79.9. The maximum absolute atomic E-state index is 5.96. The van der Waals surface area contributed by atoms with Gasteiger partial charge in [0.15, 0.2) is 0 Å². The molecule has 0 bridgehead atoms. The van der Waals surface area contributed by atoms with E-state index in [1.165, 1.54) is 0 Å². The van der Waals surface area contributed by atoms with Crippen molar-refractivity contribution in [2.75, 3.05) is 5.73 Å². The number of nitrogens with two attached hydrogens (primary N) is 1. The van der Waals surface area contributed by atoms with Crippen LogP contribution in [0.5, 0.6) is 0 Å². The van der Waals surface area contributed by atoms with Crippen LogP contribution in [0.4, 0.5) is 5.69 Å². The van der Waals surface area contributed by atoms with Crippen LogP contribution < -0.4 is 5.73 Å². The van der Waals surface area contributed by atoms with E-state index in [0.29, 0.717) is 17.4 Å². The first kappa shape index (κ1) is 12.9. The van der Waals surface area contributed by atoms with E-state index in [1.807, 2.05) is 49.4 Å². The molecule has 0 unspecified atom stereocenters. The lowest BCUT2D eigenvalue weighted by Crippen LogP contribution is -1.91. The summed E-state index contributed by atoms with van der Waals surface area (Å²) in [6, 6.07) is 13.5. The Morgan fingerprint density at radius 1 is 1.15 bits per heavy atom. The fraction of sp³-hybridized carbons (Fsp3) is 0.0667. The number of hydrogen-bond acceptors (Lipinski definition) is 4. The van der Waals surface area contributed by atoms with Crippen LogP contribution in [0, 0.1) is 6.92 Å². The van der Waals surface area contributed by atoms with Crippen LogP contribution >= 0.6 is 15.9 Å². The van der Waals surface area contributed by atoms with Gasteiger partial charge in [0.1, 0.15) is 0 Å². The lowest BCUT2D eigenvalue weighted by molar-refractivity contribution is 0.432. The van der Waals surface area contributed by atoms with Crippen LogP contribution in [-0.2, 0) is 0 Å². The van der Waals surface area contributed by atoms with Gasteiger partial charge in [0, 0.05) is 15.7 Å². The Kier molecular flexibility index (Phi) is 3.28. The van der Waals surface area contributed by atoms with Crippen molar-refractivity contribution in [1.82, 2.24) is 10.1 Å². The Morgan fingerprint density at radius 3 is 2.80 bits per heavy atom. The Hall–Kier alpha value is -2.14. The second-order valence-corrected chi connectivity index (χ2v) is 5.44. The Balaban J connectivity index is 2.04. The van der Waals surface area contributed by atoms with Crippen LogP contribution in [0.15, 0.2) is 51.5 Å². The summed E-state index contributed by atoms with van der Waals surface area (Å²) in [5, 5.41) is 4.01. The van der Waals surface area contributed by atoms with Gasteiger partial charge in [-0.15, -0.1) is 0 Å². The second kappa shape index (κ2) is 5.09. The Morgan fingerprint density at radius 2 is 2.00 bits per heavy atom. The van der Waals surface area contributed by atoms with E-state index in [4.69, 9.17) is 10.3 Å². The normalized spacial score (nSPS) is 10.7. The SMILES string of the molecule is Cc1ccc(N)c(-c2nc(-c3cccc(Br)c3)no2)c1. The van der Waals surface area contributed by atoms with Crippen molar-refractivity contribution in [3.63, 3.8) is 0 Å². The summed E-state index contributed by atoms with van der Waals surface area (Å²) >= 11 is 3.43. The van der Waals surface area contributed by atoms with Crippen molar-refractivity contribution < 1.29 is 4.52 Å². The van der Waals surface area contributed by atoms with E-state index in [2.05, 4.69) is 26.1 Å². The monoisotopic (exact) mass is 329 g/mol. The molecule has 100 valence electrons. The lowest BCUT2D eigenvalue weighted by Gasteiger charge is -2.01. The first-order valence-corrected chi connectivity index (χ1v) is 6.89. The molecule has 0 aliphatic rings. The van der Waals surface area contributed by atoms with E-state index in [-0.39, 0.29) is 0 Å². The second-order valence-electron chi connectivity index (χ2n) is 4.52. The lowest BCUT2D eigenvalue weighted by atomic mass is 10.1. The number of rotatable bonds is 2. The Labute approximate surface area is 124 Å². The van der Waals surface area contributed by atoms with E-state index >= 15 is 0 Å². The Bertz CT molecular complexity index is 767. The first-order valence-electron chi connectivity index (χ1n) is 6.09. The third kappa shape index (κ3) is 2.44. The van der Waals surface area contributed by atoms with Crippen molar-refractivity contribution in [2.24, 2.45) is 0 Å². The van der Waals surface area contributed by atoms with E-state index in [1.54, 1.807) is 0 Å². The highest BCUT2D eigenvalue weighted by Gasteiger charge is 2.13. The van der Waals surface area contributed by atoms with E-state index < -0.39 is 0 Å². The molecule has 3 rings (SSSR count). The molecule has 0 saturated heterocycles. The van der Waals surface area contributed by atoms with Gasteiger partial charge in [-0.3, -0.25) is 0 Å².